The van der Waals surface area contributed by atoms with Gasteiger partial charge in [0.05, 0.1) is 31.6 Å². The van der Waals surface area contributed by atoms with Crippen molar-refractivity contribution in [3.05, 3.63) is 48.4 Å². The highest BCUT2D eigenvalue weighted by Gasteiger charge is 2.34. The topological polar surface area (TPSA) is 104 Å². The van der Waals surface area contributed by atoms with Gasteiger partial charge in [-0.05, 0) is 43.5 Å². The van der Waals surface area contributed by atoms with Gasteiger partial charge < -0.3 is 24.3 Å². The van der Waals surface area contributed by atoms with Gasteiger partial charge in [-0.3, -0.25) is 14.9 Å². The van der Waals surface area contributed by atoms with Gasteiger partial charge in [0, 0.05) is 13.1 Å². The van der Waals surface area contributed by atoms with E-state index in [2.05, 4.69) is 10.6 Å². The van der Waals surface area contributed by atoms with Crippen LogP contribution in [0.5, 0.6) is 5.75 Å². The maximum Gasteiger partial charge on any atom is 0.321 e. The fraction of sp³-hybridized carbons (Fsp3) is 0.409. The molecule has 4 rings (SSSR count). The fourth-order valence-corrected chi connectivity index (χ4v) is 3.87. The van der Waals surface area contributed by atoms with Gasteiger partial charge >= 0.3 is 6.03 Å². The van der Waals surface area contributed by atoms with Crippen LogP contribution in [0.4, 0.5) is 10.5 Å². The number of nitrogens with one attached hydrogen (secondary N) is 2. The van der Waals surface area contributed by atoms with Crippen molar-refractivity contribution in [2.45, 2.75) is 31.9 Å². The number of hydrogen-bond acceptors (Lipinski definition) is 6. The highest BCUT2D eigenvalue weighted by molar-refractivity contribution is 5.97. The summed E-state index contributed by atoms with van der Waals surface area (Å²) >= 11 is 0. The van der Waals surface area contributed by atoms with Gasteiger partial charge in [0.15, 0.2) is 6.10 Å². The van der Waals surface area contributed by atoms with Crippen molar-refractivity contribution in [2.24, 2.45) is 0 Å². The molecule has 0 unspecified atom stereocenters. The molecule has 1 fully saturated rings. The Morgan fingerprint density at radius 2 is 1.84 bits per heavy atom. The second-order valence-electron chi connectivity index (χ2n) is 7.65. The molecule has 2 aromatic rings. The van der Waals surface area contributed by atoms with E-state index in [1.165, 1.54) is 6.26 Å². The highest BCUT2D eigenvalue weighted by atomic mass is 16.5. The van der Waals surface area contributed by atoms with E-state index >= 15 is 0 Å². The lowest BCUT2D eigenvalue weighted by Crippen LogP contribution is -2.53. The molecular formula is C22H26N4O5. The molecule has 3 heterocycles. The van der Waals surface area contributed by atoms with Crippen molar-refractivity contribution in [3.63, 3.8) is 0 Å². The van der Waals surface area contributed by atoms with Crippen LogP contribution in [-0.4, -0.2) is 55.0 Å². The molecule has 1 atom stereocenters. The molecule has 9 heteroatoms. The Kier molecular flexibility index (Phi) is 6.40. The van der Waals surface area contributed by atoms with E-state index in [1.807, 2.05) is 23.1 Å². The van der Waals surface area contributed by atoms with Crippen LogP contribution < -0.4 is 20.3 Å². The number of amides is 4. The number of carbonyl (C=O) groups is 3. The lowest BCUT2D eigenvalue weighted by molar-refractivity contribution is -0.139. The quantitative estimate of drug-likeness (QED) is 0.757. The van der Waals surface area contributed by atoms with Gasteiger partial charge in [0.25, 0.3) is 5.91 Å². The number of carbonyl (C=O) groups excluding carboxylic acids is 3. The van der Waals surface area contributed by atoms with Crippen LogP contribution in [0.3, 0.4) is 0 Å². The number of rotatable bonds is 5. The number of fused-ring (bicyclic) bond motifs is 1. The molecular weight excluding hydrogens is 400 g/mol. The summed E-state index contributed by atoms with van der Waals surface area (Å²) in [6.07, 6.45) is 3.94. The second-order valence-corrected chi connectivity index (χ2v) is 7.65. The van der Waals surface area contributed by atoms with Crippen molar-refractivity contribution in [1.82, 2.24) is 15.5 Å². The predicted octanol–water partition coefficient (Wildman–Crippen LogP) is 1.89. The van der Waals surface area contributed by atoms with Gasteiger partial charge in [-0.1, -0.05) is 12.1 Å². The number of hydrogen-bond donors (Lipinski definition) is 2. The Morgan fingerprint density at radius 1 is 1.03 bits per heavy atom. The predicted molar refractivity (Wildman–Crippen MR) is 113 cm³/mol. The van der Waals surface area contributed by atoms with Crippen LogP contribution in [0.15, 0.2) is 47.1 Å². The largest absolute Gasteiger partial charge is 0.477 e. The van der Waals surface area contributed by atoms with Crippen LogP contribution in [0, 0.1) is 0 Å². The summed E-state index contributed by atoms with van der Waals surface area (Å²) in [5.41, 5.74) is 0.719. The third kappa shape index (κ3) is 5.17. The average Bonchev–Trinajstić information content (AvgIpc) is 3.31. The third-order valence-electron chi connectivity index (χ3n) is 5.40. The number of urea groups is 1. The fourth-order valence-electron chi connectivity index (χ4n) is 3.87. The standard InChI is InChI=1S/C22H26N4O5/c27-20(24-22(29)23-13-16-7-6-12-30-16)15-26-14-19(21(28)25-10-4-1-5-11-25)31-18-9-3-2-8-17(18)26/h2-3,6-9,12,19H,1,4-5,10-11,13-15H2,(H2,23,24,27,29)/t19-/m0/s1. The molecule has 4 amide bonds. The minimum atomic E-state index is -0.687. The zero-order valence-electron chi connectivity index (χ0n) is 17.2. The SMILES string of the molecule is O=C(CN1C[C@@H](C(=O)N2CCCCC2)Oc2ccccc21)NC(=O)NCc1ccco1. The van der Waals surface area contributed by atoms with E-state index in [9.17, 15) is 14.4 Å². The minimum Gasteiger partial charge on any atom is -0.477 e. The summed E-state index contributed by atoms with van der Waals surface area (Å²) in [6, 6.07) is 10.1. The number of imide groups is 1. The molecule has 0 radical (unpaired) electrons. The van der Waals surface area contributed by atoms with E-state index in [0.717, 1.165) is 38.0 Å². The Labute approximate surface area is 180 Å². The molecule has 0 bridgehead atoms. The molecule has 164 valence electrons. The minimum absolute atomic E-state index is 0.0594. The van der Waals surface area contributed by atoms with E-state index < -0.39 is 18.0 Å². The molecule has 9 nitrogen and oxygen atoms in total. The van der Waals surface area contributed by atoms with Crippen LogP contribution in [0.25, 0.3) is 0 Å². The number of likely N-dealkylation sites (tertiary alicyclic amines) is 1. The van der Waals surface area contributed by atoms with E-state index in [1.54, 1.807) is 23.1 Å². The molecule has 2 N–H and O–H groups in total. The molecule has 2 aliphatic heterocycles. The lowest BCUT2D eigenvalue weighted by atomic mass is 10.1. The summed E-state index contributed by atoms with van der Waals surface area (Å²) in [6.45, 7) is 1.82. The zero-order chi connectivity index (χ0) is 21.6. The molecule has 31 heavy (non-hydrogen) atoms. The highest BCUT2D eigenvalue weighted by Crippen LogP contribution is 2.33. The number of para-hydroxylation sites is 2. The van der Waals surface area contributed by atoms with Crippen LogP contribution in [-0.2, 0) is 16.1 Å². The normalized spacial score (nSPS) is 18.0. The van der Waals surface area contributed by atoms with E-state index in [0.29, 0.717) is 11.5 Å². The first-order valence-electron chi connectivity index (χ1n) is 10.5. The zero-order valence-corrected chi connectivity index (χ0v) is 17.2. The second kappa shape index (κ2) is 9.55. The summed E-state index contributed by atoms with van der Waals surface area (Å²) in [5.74, 6) is 0.608. The van der Waals surface area contributed by atoms with Crippen molar-refractivity contribution in [3.8, 4) is 5.75 Å². The number of ether oxygens (including phenoxy) is 1. The van der Waals surface area contributed by atoms with Crippen molar-refractivity contribution in [2.75, 3.05) is 31.1 Å². The molecule has 0 saturated carbocycles. The molecule has 2 aliphatic rings. The number of nitrogens with zero attached hydrogens (tertiary/aromatic N) is 2. The van der Waals surface area contributed by atoms with Gasteiger partial charge in [-0.2, -0.15) is 0 Å². The summed E-state index contributed by atoms with van der Waals surface area (Å²) < 4.78 is 11.1. The Hall–Kier alpha value is -3.49. The van der Waals surface area contributed by atoms with Gasteiger partial charge in [0.1, 0.15) is 11.5 Å². The number of furan rings is 1. The maximum absolute atomic E-state index is 13.0. The van der Waals surface area contributed by atoms with Gasteiger partial charge in [-0.25, -0.2) is 4.79 Å². The van der Waals surface area contributed by atoms with E-state index in [-0.39, 0.29) is 25.5 Å². The van der Waals surface area contributed by atoms with Crippen LogP contribution in [0.2, 0.25) is 0 Å². The summed E-state index contributed by atoms with van der Waals surface area (Å²) in [4.78, 5) is 41.1. The lowest BCUT2D eigenvalue weighted by Gasteiger charge is -2.38. The average molecular weight is 426 g/mol. The van der Waals surface area contributed by atoms with Crippen molar-refractivity contribution < 1.29 is 23.5 Å². The molecule has 1 saturated heterocycles. The Balaban J connectivity index is 1.38. The van der Waals surface area contributed by atoms with Gasteiger partial charge in [0.2, 0.25) is 5.91 Å². The molecule has 1 aromatic carbocycles. The third-order valence-corrected chi connectivity index (χ3v) is 5.40. The number of piperidine rings is 1. The first-order valence-corrected chi connectivity index (χ1v) is 10.5. The number of anilines is 1. The monoisotopic (exact) mass is 426 g/mol. The van der Waals surface area contributed by atoms with Crippen LogP contribution in [0.1, 0.15) is 25.0 Å². The molecule has 1 aromatic heterocycles. The van der Waals surface area contributed by atoms with Crippen LogP contribution >= 0.6 is 0 Å². The Bertz CT molecular complexity index is 924. The summed E-state index contributed by atoms with van der Waals surface area (Å²) in [5, 5.41) is 4.89. The number of benzene rings is 1. The van der Waals surface area contributed by atoms with Gasteiger partial charge in [-0.15, -0.1) is 0 Å². The first-order chi connectivity index (χ1) is 15.1. The summed E-state index contributed by atoms with van der Waals surface area (Å²) in [7, 11) is 0. The first kappa shape index (κ1) is 20.8. The molecule has 0 spiro atoms. The van der Waals surface area contributed by atoms with Crippen molar-refractivity contribution >= 4 is 23.5 Å². The van der Waals surface area contributed by atoms with E-state index in [4.69, 9.17) is 9.15 Å². The smallest absolute Gasteiger partial charge is 0.321 e. The Morgan fingerprint density at radius 3 is 2.61 bits per heavy atom. The molecule has 0 aliphatic carbocycles. The van der Waals surface area contributed by atoms with Crippen molar-refractivity contribution in [1.29, 1.82) is 0 Å². The maximum atomic E-state index is 13.0.